The van der Waals surface area contributed by atoms with Crippen molar-refractivity contribution >= 4 is 0 Å². The summed E-state index contributed by atoms with van der Waals surface area (Å²) in [6, 6.07) is 1.62. The van der Waals surface area contributed by atoms with Crippen molar-refractivity contribution in [3.8, 4) is 0 Å². The lowest BCUT2D eigenvalue weighted by Gasteiger charge is -2.36. The Labute approximate surface area is 93.8 Å². The van der Waals surface area contributed by atoms with Gasteiger partial charge in [0.2, 0.25) is 0 Å². The summed E-state index contributed by atoms with van der Waals surface area (Å²) in [6.07, 6.45) is 5.55. The van der Waals surface area contributed by atoms with Gasteiger partial charge in [-0.3, -0.25) is 4.90 Å². The molecule has 2 aliphatic heterocycles. The van der Waals surface area contributed by atoms with Gasteiger partial charge >= 0.3 is 0 Å². The third kappa shape index (κ3) is 2.92. The van der Waals surface area contributed by atoms with Crippen LogP contribution in [0.25, 0.3) is 0 Å². The van der Waals surface area contributed by atoms with Gasteiger partial charge in [-0.2, -0.15) is 0 Å². The van der Waals surface area contributed by atoms with Crippen LogP contribution in [0.15, 0.2) is 0 Å². The monoisotopic (exact) mass is 211 g/mol. The van der Waals surface area contributed by atoms with Gasteiger partial charge in [-0.1, -0.05) is 0 Å². The maximum Gasteiger partial charge on any atom is 0.0226 e. The largest absolute Gasteiger partial charge is 0.315 e. The number of nitrogens with one attached hydrogen (secondary N) is 1. The van der Waals surface area contributed by atoms with Crippen molar-refractivity contribution in [2.24, 2.45) is 0 Å². The normalized spacial score (nSPS) is 33.8. The molecule has 0 spiro atoms. The van der Waals surface area contributed by atoms with Gasteiger partial charge in [0.25, 0.3) is 0 Å². The second kappa shape index (κ2) is 5.28. The first-order chi connectivity index (χ1) is 7.27. The van der Waals surface area contributed by atoms with Gasteiger partial charge in [-0.25, -0.2) is 0 Å². The summed E-state index contributed by atoms with van der Waals surface area (Å²) in [5.41, 5.74) is 0. The molecule has 0 saturated carbocycles. The second-order valence-electron chi connectivity index (χ2n) is 5.30. The van der Waals surface area contributed by atoms with E-state index in [4.69, 9.17) is 0 Å². The van der Waals surface area contributed by atoms with Gasteiger partial charge in [0.05, 0.1) is 0 Å². The quantitative estimate of drug-likeness (QED) is 0.744. The van der Waals surface area contributed by atoms with E-state index in [1.165, 1.54) is 51.9 Å². The van der Waals surface area contributed by atoms with Crippen molar-refractivity contribution in [2.75, 3.05) is 40.3 Å². The summed E-state index contributed by atoms with van der Waals surface area (Å²) in [7, 11) is 4.38. The molecule has 15 heavy (non-hydrogen) atoms. The first-order valence-electron chi connectivity index (χ1n) is 6.38. The molecule has 2 aliphatic rings. The molecule has 2 atom stereocenters. The van der Waals surface area contributed by atoms with E-state index in [0.29, 0.717) is 0 Å². The van der Waals surface area contributed by atoms with Crippen molar-refractivity contribution in [3.05, 3.63) is 0 Å². The number of rotatable bonds is 3. The van der Waals surface area contributed by atoms with Crippen LogP contribution < -0.4 is 5.32 Å². The Morgan fingerprint density at radius 3 is 2.80 bits per heavy atom. The molecule has 0 aromatic rings. The molecule has 1 N–H and O–H groups in total. The first kappa shape index (κ1) is 11.4. The van der Waals surface area contributed by atoms with Crippen molar-refractivity contribution in [1.82, 2.24) is 15.1 Å². The summed E-state index contributed by atoms with van der Waals surface area (Å²) in [5, 5.41) is 3.53. The van der Waals surface area contributed by atoms with Gasteiger partial charge in [0.1, 0.15) is 0 Å². The predicted octanol–water partition coefficient (Wildman–Crippen LogP) is 0.764. The predicted molar refractivity (Wildman–Crippen MR) is 64.2 cm³/mol. The number of likely N-dealkylation sites (N-methyl/N-ethyl adjacent to an activating group) is 1. The minimum Gasteiger partial charge on any atom is -0.315 e. The third-order valence-corrected chi connectivity index (χ3v) is 3.74. The average molecular weight is 211 g/mol. The molecule has 3 heteroatoms. The van der Waals surface area contributed by atoms with E-state index in [2.05, 4.69) is 29.2 Å². The van der Waals surface area contributed by atoms with Crippen molar-refractivity contribution in [3.63, 3.8) is 0 Å². The fourth-order valence-electron chi connectivity index (χ4n) is 3.07. The van der Waals surface area contributed by atoms with E-state index in [9.17, 15) is 0 Å². The van der Waals surface area contributed by atoms with E-state index in [1.54, 1.807) is 0 Å². The minimum atomic E-state index is 0.810. The lowest BCUT2D eigenvalue weighted by atomic mass is 10.0. The van der Waals surface area contributed by atoms with Crippen LogP contribution in [0.5, 0.6) is 0 Å². The molecule has 0 aromatic carbocycles. The van der Waals surface area contributed by atoms with E-state index in [0.717, 1.165) is 12.1 Å². The number of hydrogen-bond donors (Lipinski definition) is 1. The van der Waals surface area contributed by atoms with Crippen LogP contribution in [-0.2, 0) is 0 Å². The van der Waals surface area contributed by atoms with Crippen LogP contribution in [-0.4, -0.2) is 62.2 Å². The van der Waals surface area contributed by atoms with Crippen molar-refractivity contribution < 1.29 is 0 Å². The highest BCUT2D eigenvalue weighted by Gasteiger charge is 2.31. The molecule has 0 amide bonds. The highest BCUT2D eigenvalue weighted by atomic mass is 15.3. The summed E-state index contributed by atoms with van der Waals surface area (Å²) < 4.78 is 0. The maximum absolute atomic E-state index is 3.53. The van der Waals surface area contributed by atoms with Gasteiger partial charge in [0, 0.05) is 25.2 Å². The fraction of sp³-hybridized carbons (Fsp3) is 1.00. The summed E-state index contributed by atoms with van der Waals surface area (Å²) >= 11 is 0. The Kier molecular flexibility index (Phi) is 4.00. The van der Waals surface area contributed by atoms with Crippen LogP contribution in [0.3, 0.4) is 0 Å². The molecular formula is C12H25N3. The Morgan fingerprint density at radius 1 is 1.27 bits per heavy atom. The van der Waals surface area contributed by atoms with Gasteiger partial charge in [0.15, 0.2) is 0 Å². The first-order valence-corrected chi connectivity index (χ1v) is 6.38. The summed E-state index contributed by atoms with van der Waals surface area (Å²) in [5.74, 6) is 0. The van der Waals surface area contributed by atoms with Crippen molar-refractivity contribution in [1.29, 1.82) is 0 Å². The van der Waals surface area contributed by atoms with Crippen LogP contribution in [0.4, 0.5) is 0 Å². The van der Waals surface area contributed by atoms with Gasteiger partial charge < -0.3 is 10.2 Å². The molecule has 3 nitrogen and oxygen atoms in total. The molecule has 0 aromatic heterocycles. The zero-order chi connectivity index (χ0) is 10.7. The molecule has 0 aliphatic carbocycles. The molecule has 0 radical (unpaired) electrons. The number of nitrogens with zero attached hydrogens (tertiary/aromatic N) is 2. The number of hydrogen-bond acceptors (Lipinski definition) is 3. The smallest absolute Gasteiger partial charge is 0.0226 e. The van der Waals surface area contributed by atoms with Crippen LogP contribution in [0.1, 0.15) is 25.7 Å². The molecule has 2 saturated heterocycles. The van der Waals surface area contributed by atoms with Gasteiger partial charge in [-0.15, -0.1) is 0 Å². The van der Waals surface area contributed by atoms with Gasteiger partial charge in [-0.05, 0) is 52.9 Å². The Morgan fingerprint density at radius 2 is 2.13 bits per heavy atom. The molecule has 0 bridgehead atoms. The SMILES string of the molecule is CN(C)CC1CCCN1C1CCCNC1. The third-order valence-electron chi connectivity index (χ3n) is 3.74. The lowest BCUT2D eigenvalue weighted by Crippen LogP contribution is -2.50. The van der Waals surface area contributed by atoms with Crippen LogP contribution >= 0.6 is 0 Å². The maximum atomic E-state index is 3.53. The summed E-state index contributed by atoms with van der Waals surface area (Å²) in [6.45, 7) is 4.99. The van der Waals surface area contributed by atoms with E-state index in [1.807, 2.05) is 0 Å². The van der Waals surface area contributed by atoms with E-state index in [-0.39, 0.29) is 0 Å². The zero-order valence-electron chi connectivity index (χ0n) is 10.2. The molecule has 2 rings (SSSR count). The van der Waals surface area contributed by atoms with E-state index < -0.39 is 0 Å². The highest BCUT2D eigenvalue weighted by molar-refractivity contribution is 4.88. The Bertz CT molecular complexity index is 187. The molecular weight excluding hydrogens is 186 g/mol. The van der Waals surface area contributed by atoms with E-state index >= 15 is 0 Å². The molecule has 2 fully saturated rings. The standard InChI is InChI=1S/C12H25N3/c1-14(2)10-12-6-4-8-15(12)11-5-3-7-13-9-11/h11-13H,3-10H2,1-2H3. The highest BCUT2D eigenvalue weighted by Crippen LogP contribution is 2.23. The number of piperidine rings is 1. The molecule has 2 unspecified atom stereocenters. The topological polar surface area (TPSA) is 18.5 Å². The summed E-state index contributed by atoms with van der Waals surface area (Å²) in [4.78, 5) is 5.09. The van der Waals surface area contributed by atoms with Crippen LogP contribution in [0.2, 0.25) is 0 Å². The Balaban J connectivity index is 1.88. The molecule has 88 valence electrons. The zero-order valence-corrected chi connectivity index (χ0v) is 10.2. The Hall–Kier alpha value is -0.120. The minimum absolute atomic E-state index is 0.810. The fourth-order valence-corrected chi connectivity index (χ4v) is 3.07. The molecule has 2 heterocycles. The second-order valence-corrected chi connectivity index (χ2v) is 5.30. The van der Waals surface area contributed by atoms with Crippen LogP contribution in [0, 0.1) is 0 Å². The lowest BCUT2D eigenvalue weighted by molar-refractivity contribution is 0.131. The number of likely N-dealkylation sites (tertiary alicyclic amines) is 1. The van der Waals surface area contributed by atoms with Crippen molar-refractivity contribution in [2.45, 2.75) is 37.8 Å². The average Bonchev–Trinajstić information content (AvgIpc) is 2.66.